The normalized spacial score (nSPS) is 24.5. The molecule has 1 saturated carbocycles. The number of ether oxygens (including phenoxy) is 1. The third-order valence-corrected chi connectivity index (χ3v) is 13.4. The molecule has 0 spiro atoms. The second kappa shape index (κ2) is 14.8. The van der Waals surface area contributed by atoms with E-state index in [1.54, 1.807) is 29.2 Å². The Morgan fingerprint density at radius 1 is 1.00 bits per heavy atom. The number of esters is 1. The summed E-state index contributed by atoms with van der Waals surface area (Å²) in [6.07, 6.45) is 7.85. The monoisotopic (exact) mass is 714 g/mol. The Balaban J connectivity index is 1.19. The second-order valence-electron chi connectivity index (χ2n) is 16.4. The van der Waals surface area contributed by atoms with Crippen LogP contribution in [0.5, 0.6) is 0 Å². The van der Waals surface area contributed by atoms with Gasteiger partial charge in [0.05, 0.1) is 17.7 Å². The highest BCUT2D eigenvalue weighted by Gasteiger charge is 2.53. The molecular formula is C39H56F2N4O4S. The molecule has 4 aliphatic rings. The van der Waals surface area contributed by atoms with E-state index in [9.17, 15) is 13.2 Å². The fourth-order valence-corrected chi connectivity index (χ4v) is 10.9. The Morgan fingerprint density at radius 3 is 2.32 bits per heavy atom. The van der Waals surface area contributed by atoms with Crippen molar-refractivity contribution in [3.05, 3.63) is 59.2 Å². The van der Waals surface area contributed by atoms with E-state index in [2.05, 4.69) is 22.8 Å². The lowest BCUT2D eigenvalue weighted by atomic mass is 9.56. The number of hydrogen-bond donors (Lipinski definition) is 0. The molecule has 3 aliphatic heterocycles. The van der Waals surface area contributed by atoms with Crippen LogP contribution in [0.3, 0.4) is 0 Å². The lowest BCUT2D eigenvalue weighted by molar-refractivity contribution is -0.142. The Hall–Kier alpha value is -2.60. The molecule has 0 unspecified atom stereocenters. The van der Waals surface area contributed by atoms with E-state index in [4.69, 9.17) is 4.74 Å². The topological polar surface area (TPSA) is 73.4 Å². The fourth-order valence-electron chi connectivity index (χ4n) is 9.97. The van der Waals surface area contributed by atoms with Gasteiger partial charge in [-0.3, -0.25) is 4.79 Å². The number of hydrogen-bond acceptors (Lipinski definition) is 8. The van der Waals surface area contributed by atoms with E-state index < -0.39 is 15.7 Å². The summed E-state index contributed by atoms with van der Waals surface area (Å²) in [5.41, 5.74) is 1.51. The Labute approximate surface area is 298 Å². The largest absolute Gasteiger partial charge is 0.469 e. The molecule has 8 nitrogen and oxygen atoms in total. The molecule has 0 radical (unpaired) electrons. The van der Waals surface area contributed by atoms with E-state index in [-0.39, 0.29) is 51.5 Å². The van der Waals surface area contributed by atoms with Gasteiger partial charge in [0.2, 0.25) is 0 Å². The molecule has 6 rings (SSSR count). The van der Waals surface area contributed by atoms with Crippen molar-refractivity contribution in [2.24, 2.45) is 23.2 Å². The minimum absolute atomic E-state index is 0.0230. The van der Waals surface area contributed by atoms with E-state index >= 15 is 8.78 Å². The average Bonchev–Trinajstić information content (AvgIpc) is 3.48. The summed E-state index contributed by atoms with van der Waals surface area (Å²) in [4.78, 5) is 21.6. The molecule has 11 heteroatoms. The van der Waals surface area contributed by atoms with Crippen LogP contribution in [0.1, 0.15) is 63.0 Å². The van der Waals surface area contributed by atoms with E-state index in [0.29, 0.717) is 31.1 Å². The zero-order chi connectivity index (χ0) is 35.8. The zero-order valence-corrected chi connectivity index (χ0v) is 31.4. The van der Waals surface area contributed by atoms with Gasteiger partial charge in [0.1, 0.15) is 5.82 Å². The minimum atomic E-state index is -3.56. The first-order valence-corrected chi connectivity index (χ1v) is 20.3. The third-order valence-electron chi connectivity index (χ3n) is 12.2. The first-order valence-electron chi connectivity index (χ1n) is 18.4. The lowest BCUT2D eigenvalue weighted by Gasteiger charge is -2.55. The first kappa shape index (κ1) is 37.2. The second-order valence-corrected chi connectivity index (χ2v) is 18.3. The first-order chi connectivity index (χ1) is 23.7. The number of carbonyl (C=O) groups is 1. The molecule has 3 heterocycles. The van der Waals surface area contributed by atoms with Gasteiger partial charge in [-0.2, -0.15) is 0 Å². The van der Waals surface area contributed by atoms with E-state index in [1.807, 2.05) is 25.1 Å². The standard InChI is InChI=1S/C39H56F2N4O4S/c1-38(25-45(26-38)34-13-14-35(50(5,47)48)32(37(34)41)23-42(2)3)24-44-19-15-29(16-20-44)39(27-43-17-8-18-43,30-10-7-11-31(40)22-30)33-12-6-9-28(33)21-36(46)49-4/h7,10-11,13-14,22,28-29,33H,6,8-9,12,15-21,23-27H2,1-5H3/t28-,33+,39+/m1/s1. The summed E-state index contributed by atoms with van der Waals surface area (Å²) >= 11 is 0. The Bertz CT molecular complexity index is 1640. The van der Waals surface area contributed by atoms with Crippen molar-refractivity contribution >= 4 is 21.5 Å². The zero-order valence-electron chi connectivity index (χ0n) is 30.6. The van der Waals surface area contributed by atoms with Crippen LogP contribution >= 0.6 is 0 Å². The molecule has 3 saturated heterocycles. The summed E-state index contributed by atoms with van der Waals surface area (Å²) in [5, 5.41) is 0. The number of methoxy groups -OCH3 is 1. The summed E-state index contributed by atoms with van der Waals surface area (Å²) in [7, 11) is 1.52. The summed E-state index contributed by atoms with van der Waals surface area (Å²) in [6.45, 7) is 9.67. The maximum atomic E-state index is 15.9. The Morgan fingerprint density at radius 2 is 1.72 bits per heavy atom. The van der Waals surface area contributed by atoms with Crippen molar-refractivity contribution < 1.29 is 26.7 Å². The van der Waals surface area contributed by atoms with Crippen LogP contribution in [0.15, 0.2) is 41.3 Å². The van der Waals surface area contributed by atoms with Crippen molar-refractivity contribution in [1.82, 2.24) is 14.7 Å². The number of carbonyl (C=O) groups excluding carboxylic acids is 1. The SMILES string of the molecule is COC(=O)C[C@H]1CCC[C@@H]1[C@](CN1CCC1)(c1cccc(F)c1)C1CCN(CC2(C)CN(c3ccc(S(C)(=O)=O)c(CN(C)C)c3F)C2)CC1. The number of rotatable bonds is 13. The van der Waals surface area contributed by atoms with Crippen LogP contribution in [0.4, 0.5) is 14.5 Å². The number of likely N-dealkylation sites (tertiary alicyclic amines) is 2. The maximum absolute atomic E-state index is 15.9. The molecular weight excluding hydrogens is 659 g/mol. The summed E-state index contributed by atoms with van der Waals surface area (Å²) in [5.74, 6) is 0.0472. The van der Waals surface area contributed by atoms with Crippen LogP contribution in [-0.2, 0) is 31.3 Å². The maximum Gasteiger partial charge on any atom is 0.305 e. The van der Waals surface area contributed by atoms with Crippen molar-refractivity contribution in [2.75, 3.05) is 84.7 Å². The molecule has 276 valence electrons. The number of halogens is 2. The Kier molecular flexibility index (Phi) is 11.0. The van der Waals surface area contributed by atoms with Gasteiger partial charge in [0.25, 0.3) is 0 Å². The fraction of sp³-hybridized carbons (Fsp3) is 0.667. The minimum Gasteiger partial charge on any atom is -0.469 e. The van der Waals surface area contributed by atoms with Gasteiger partial charge in [-0.1, -0.05) is 25.5 Å². The number of benzene rings is 2. The predicted molar refractivity (Wildman–Crippen MR) is 193 cm³/mol. The van der Waals surface area contributed by atoms with Crippen LogP contribution in [0, 0.1) is 34.8 Å². The van der Waals surface area contributed by atoms with Gasteiger partial charge < -0.3 is 24.3 Å². The van der Waals surface area contributed by atoms with E-state index in [1.165, 1.54) is 13.5 Å². The smallest absolute Gasteiger partial charge is 0.305 e. The van der Waals surface area contributed by atoms with Crippen molar-refractivity contribution in [2.45, 2.75) is 68.7 Å². The van der Waals surface area contributed by atoms with Crippen molar-refractivity contribution in [1.29, 1.82) is 0 Å². The predicted octanol–water partition coefficient (Wildman–Crippen LogP) is 5.59. The van der Waals surface area contributed by atoms with E-state index in [0.717, 1.165) is 83.2 Å². The highest BCUT2D eigenvalue weighted by molar-refractivity contribution is 7.90. The lowest BCUT2D eigenvalue weighted by Crippen LogP contribution is -2.61. The van der Waals surface area contributed by atoms with Gasteiger partial charge in [0, 0.05) is 61.8 Å². The molecule has 0 N–H and O–H groups in total. The van der Waals surface area contributed by atoms with Crippen LogP contribution in [-0.4, -0.2) is 109 Å². The van der Waals surface area contributed by atoms with Gasteiger partial charge in [-0.05, 0) is 120 Å². The van der Waals surface area contributed by atoms with Gasteiger partial charge in [0.15, 0.2) is 15.7 Å². The van der Waals surface area contributed by atoms with Crippen LogP contribution < -0.4 is 4.90 Å². The molecule has 3 atom stereocenters. The summed E-state index contributed by atoms with van der Waals surface area (Å²) in [6, 6.07) is 10.5. The van der Waals surface area contributed by atoms with Crippen molar-refractivity contribution in [3.63, 3.8) is 0 Å². The van der Waals surface area contributed by atoms with Gasteiger partial charge >= 0.3 is 5.97 Å². The molecule has 4 fully saturated rings. The summed E-state index contributed by atoms with van der Waals surface area (Å²) < 4.78 is 60.9. The molecule has 0 aromatic heterocycles. The van der Waals surface area contributed by atoms with Crippen LogP contribution in [0.25, 0.3) is 0 Å². The number of anilines is 1. The number of nitrogens with zero attached hydrogens (tertiary/aromatic N) is 4. The molecule has 50 heavy (non-hydrogen) atoms. The van der Waals surface area contributed by atoms with Crippen molar-refractivity contribution in [3.8, 4) is 0 Å². The molecule has 2 aromatic carbocycles. The molecule has 0 bridgehead atoms. The van der Waals surface area contributed by atoms with Gasteiger partial charge in [-0.25, -0.2) is 17.2 Å². The highest BCUT2D eigenvalue weighted by atomic mass is 32.2. The van der Waals surface area contributed by atoms with Crippen LogP contribution in [0.2, 0.25) is 0 Å². The molecule has 0 amide bonds. The van der Waals surface area contributed by atoms with Gasteiger partial charge in [-0.15, -0.1) is 0 Å². The number of sulfone groups is 1. The third kappa shape index (κ3) is 7.62. The quantitative estimate of drug-likeness (QED) is 0.249. The highest BCUT2D eigenvalue weighted by Crippen LogP contribution is 2.54. The molecule has 1 aliphatic carbocycles. The average molecular weight is 715 g/mol. The molecule has 2 aromatic rings. The number of piperidine rings is 1.